The van der Waals surface area contributed by atoms with Gasteiger partial charge >= 0.3 is 0 Å². The van der Waals surface area contributed by atoms with Crippen LogP contribution >= 0.6 is 15.9 Å². The molecule has 1 aliphatic rings. The molecule has 0 unspecified atom stereocenters. The van der Waals surface area contributed by atoms with Crippen molar-refractivity contribution in [3.63, 3.8) is 0 Å². The van der Waals surface area contributed by atoms with E-state index in [9.17, 15) is 13.6 Å². The fourth-order valence-corrected chi connectivity index (χ4v) is 2.71. The molecule has 1 saturated heterocycles. The number of benzene rings is 1. The molecule has 110 valence electrons. The summed E-state index contributed by atoms with van der Waals surface area (Å²) in [6.07, 6.45) is -2.59. The van der Waals surface area contributed by atoms with Gasteiger partial charge in [-0.05, 0) is 24.7 Å². The van der Waals surface area contributed by atoms with Crippen LogP contribution in [0.3, 0.4) is 0 Å². The first kappa shape index (κ1) is 15.4. The van der Waals surface area contributed by atoms with Crippen LogP contribution in [-0.2, 0) is 0 Å². The maximum absolute atomic E-state index is 12.8. The summed E-state index contributed by atoms with van der Waals surface area (Å²) in [6.45, 7) is 6.01. The van der Waals surface area contributed by atoms with Crippen LogP contribution in [0.15, 0.2) is 22.7 Å². The van der Waals surface area contributed by atoms with E-state index in [2.05, 4.69) is 27.8 Å². The number of carbonyl (C=O) groups excluding carboxylic acids is 1. The Morgan fingerprint density at radius 2 is 1.95 bits per heavy atom. The minimum Gasteiger partial charge on any atom is -0.336 e. The smallest absolute Gasteiger partial charge is 0.264 e. The number of piperazine rings is 1. The molecule has 0 radical (unpaired) electrons. The molecule has 0 aromatic heterocycles. The Morgan fingerprint density at radius 3 is 2.50 bits per heavy atom. The lowest BCUT2D eigenvalue weighted by Crippen LogP contribution is -2.48. The number of hydrogen-bond donors (Lipinski definition) is 0. The summed E-state index contributed by atoms with van der Waals surface area (Å²) in [4.78, 5) is 16.3. The van der Waals surface area contributed by atoms with Crippen molar-refractivity contribution in [3.05, 3.63) is 33.8 Å². The lowest BCUT2D eigenvalue weighted by atomic mass is 10.1. The highest BCUT2D eigenvalue weighted by molar-refractivity contribution is 9.10. The van der Waals surface area contributed by atoms with Crippen LogP contribution in [0.25, 0.3) is 0 Å². The topological polar surface area (TPSA) is 23.6 Å². The molecule has 0 bridgehead atoms. The molecule has 0 atom stereocenters. The number of halogens is 3. The highest BCUT2D eigenvalue weighted by Crippen LogP contribution is 2.28. The van der Waals surface area contributed by atoms with Gasteiger partial charge < -0.3 is 9.80 Å². The van der Waals surface area contributed by atoms with Crippen molar-refractivity contribution in [2.75, 3.05) is 32.7 Å². The minimum absolute atomic E-state index is 0.136. The number of nitrogens with zero attached hydrogens (tertiary/aromatic N) is 2. The zero-order valence-electron chi connectivity index (χ0n) is 11.3. The first-order valence-corrected chi connectivity index (χ1v) is 7.41. The molecule has 1 amide bonds. The third-order valence-electron chi connectivity index (χ3n) is 3.58. The van der Waals surface area contributed by atoms with Gasteiger partial charge in [0, 0.05) is 41.8 Å². The lowest BCUT2D eigenvalue weighted by molar-refractivity contribution is 0.0643. The highest BCUT2D eigenvalue weighted by atomic mass is 79.9. The van der Waals surface area contributed by atoms with Crippen molar-refractivity contribution >= 4 is 21.8 Å². The molecule has 2 rings (SSSR count). The summed E-state index contributed by atoms with van der Waals surface area (Å²) in [5.74, 6) is -0.171. The minimum atomic E-state index is -2.59. The van der Waals surface area contributed by atoms with Crippen LogP contribution in [0.5, 0.6) is 0 Å². The van der Waals surface area contributed by atoms with Gasteiger partial charge in [0.1, 0.15) is 0 Å². The van der Waals surface area contributed by atoms with Gasteiger partial charge in [0.25, 0.3) is 12.3 Å². The molecule has 1 aromatic carbocycles. The molecule has 0 aliphatic carbocycles. The van der Waals surface area contributed by atoms with E-state index in [4.69, 9.17) is 0 Å². The number of likely N-dealkylation sites (N-methyl/N-ethyl adjacent to an activating group) is 1. The third kappa shape index (κ3) is 3.35. The second-order valence-corrected chi connectivity index (χ2v) is 5.62. The van der Waals surface area contributed by atoms with Gasteiger partial charge in [-0.25, -0.2) is 8.78 Å². The molecule has 0 N–H and O–H groups in total. The van der Waals surface area contributed by atoms with Crippen molar-refractivity contribution in [1.29, 1.82) is 0 Å². The van der Waals surface area contributed by atoms with Crippen molar-refractivity contribution < 1.29 is 13.6 Å². The monoisotopic (exact) mass is 346 g/mol. The van der Waals surface area contributed by atoms with Gasteiger partial charge in [-0.2, -0.15) is 0 Å². The van der Waals surface area contributed by atoms with E-state index in [1.807, 2.05) is 0 Å². The Kier molecular flexibility index (Phi) is 5.10. The molecule has 6 heteroatoms. The lowest BCUT2D eigenvalue weighted by Gasteiger charge is -2.34. The summed E-state index contributed by atoms with van der Waals surface area (Å²) in [5, 5.41) is 0. The fraction of sp³-hybridized carbons (Fsp3) is 0.500. The number of rotatable bonds is 3. The zero-order valence-corrected chi connectivity index (χ0v) is 12.9. The molecule has 0 spiro atoms. The quantitative estimate of drug-likeness (QED) is 0.839. The fourth-order valence-electron chi connectivity index (χ4n) is 2.29. The van der Waals surface area contributed by atoms with Crippen LogP contribution in [0.2, 0.25) is 0 Å². The molecule has 3 nitrogen and oxygen atoms in total. The summed E-state index contributed by atoms with van der Waals surface area (Å²) < 4.78 is 26.0. The van der Waals surface area contributed by atoms with Gasteiger partial charge in [-0.3, -0.25) is 4.79 Å². The molecule has 1 fully saturated rings. The summed E-state index contributed by atoms with van der Waals surface area (Å²) in [7, 11) is 0. The first-order chi connectivity index (χ1) is 9.52. The van der Waals surface area contributed by atoms with E-state index in [1.54, 1.807) is 11.0 Å². The van der Waals surface area contributed by atoms with E-state index in [0.29, 0.717) is 23.1 Å². The summed E-state index contributed by atoms with van der Waals surface area (Å²) in [6, 6.07) is 4.38. The highest BCUT2D eigenvalue weighted by Gasteiger charge is 2.22. The molecule has 1 aliphatic heterocycles. The van der Waals surface area contributed by atoms with Crippen LogP contribution in [0.1, 0.15) is 29.3 Å². The molecular formula is C14H17BrF2N2O. The van der Waals surface area contributed by atoms with Gasteiger partial charge in [0.15, 0.2) is 0 Å². The predicted octanol–water partition coefficient (Wildman–Crippen LogP) is 3.16. The van der Waals surface area contributed by atoms with Crippen LogP contribution < -0.4 is 0 Å². The summed E-state index contributed by atoms with van der Waals surface area (Å²) >= 11 is 3.08. The Bertz CT molecular complexity index is 488. The number of alkyl halides is 2. The SMILES string of the molecule is CCN1CCN(C(=O)c2ccc(Br)c(C(F)F)c2)CC1. The average Bonchev–Trinajstić information content (AvgIpc) is 2.47. The van der Waals surface area contributed by atoms with Crippen molar-refractivity contribution in [3.8, 4) is 0 Å². The maximum Gasteiger partial charge on any atom is 0.264 e. The van der Waals surface area contributed by atoms with Crippen molar-refractivity contribution in [2.45, 2.75) is 13.3 Å². The second-order valence-electron chi connectivity index (χ2n) is 4.76. The number of carbonyl (C=O) groups is 1. The number of hydrogen-bond acceptors (Lipinski definition) is 2. The largest absolute Gasteiger partial charge is 0.336 e. The Labute approximate surface area is 125 Å². The van der Waals surface area contributed by atoms with Gasteiger partial charge in [0.2, 0.25) is 0 Å². The normalized spacial score (nSPS) is 16.8. The van der Waals surface area contributed by atoms with Crippen LogP contribution in [0.4, 0.5) is 8.78 Å². The van der Waals surface area contributed by atoms with E-state index in [-0.39, 0.29) is 11.5 Å². The third-order valence-corrected chi connectivity index (χ3v) is 4.31. The van der Waals surface area contributed by atoms with Gasteiger partial charge in [-0.15, -0.1) is 0 Å². The molecule has 1 aromatic rings. The maximum atomic E-state index is 12.8. The molecule has 20 heavy (non-hydrogen) atoms. The van der Waals surface area contributed by atoms with Gasteiger partial charge in [0.05, 0.1) is 0 Å². The van der Waals surface area contributed by atoms with E-state index in [0.717, 1.165) is 19.6 Å². The Morgan fingerprint density at radius 1 is 1.30 bits per heavy atom. The van der Waals surface area contributed by atoms with Crippen LogP contribution in [0, 0.1) is 0 Å². The average molecular weight is 347 g/mol. The van der Waals surface area contributed by atoms with Crippen molar-refractivity contribution in [2.24, 2.45) is 0 Å². The number of amides is 1. The Balaban J connectivity index is 2.12. The first-order valence-electron chi connectivity index (χ1n) is 6.62. The van der Waals surface area contributed by atoms with E-state index in [1.165, 1.54) is 12.1 Å². The Hall–Kier alpha value is -1.01. The van der Waals surface area contributed by atoms with Gasteiger partial charge in [-0.1, -0.05) is 22.9 Å². The standard InChI is InChI=1S/C14H17BrF2N2O/c1-2-18-5-7-19(8-6-18)14(20)10-3-4-12(15)11(9-10)13(16)17/h3-4,9,13H,2,5-8H2,1H3. The van der Waals surface area contributed by atoms with E-state index >= 15 is 0 Å². The molecule has 1 heterocycles. The second kappa shape index (κ2) is 6.63. The summed E-state index contributed by atoms with van der Waals surface area (Å²) in [5.41, 5.74) is 0.191. The molecule has 0 saturated carbocycles. The zero-order chi connectivity index (χ0) is 14.7. The van der Waals surface area contributed by atoms with Crippen molar-refractivity contribution in [1.82, 2.24) is 9.80 Å². The molecular weight excluding hydrogens is 330 g/mol. The predicted molar refractivity (Wildman–Crippen MR) is 77.1 cm³/mol. The van der Waals surface area contributed by atoms with Crippen LogP contribution in [-0.4, -0.2) is 48.4 Å². The van der Waals surface area contributed by atoms with E-state index < -0.39 is 6.43 Å².